The second-order valence-electron chi connectivity index (χ2n) is 6.10. The monoisotopic (exact) mass is 441 g/mol. The van der Waals surface area contributed by atoms with Gasteiger partial charge in [-0.05, 0) is 29.8 Å². The van der Waals surface area contributed by atoms with Crippen molar-refractivity contribution in [3.63, 3.8) is 0 Å². The number of nitro groups is 3. The summed E-state index contributed by atoms with van der Waals surface area (Å²) < 4.78 is 5.43. The number of non-ortho nitro benzene ring substituents is 1. The molecule has 0 aliphatic rings. The van der Waals surface area contributed by atoms with Gasteiger partial charge in [0.2, 0.25) is 5.75 Å². The number of nitro benzene ring substituents is 2. The maximum atomic E-state index is 11.6. The predicted octanol–water partition coefficient (Wildman–Crippen LogP) is 2.75. The van der Waals surface area contributed by atoms with Crippen molar-refractivity contribution in [1.82, 2.24) is 9.97 Å². The molecule has 1 heterocycles. The zero-order valence-electron chi connectivity index (χ0n) is 15.7. The maximum absolute atomic E-state index is 11.6. The van der Waals surface area contributed by atoms with E-state index in [4.69, 9.17) is 4.74 Å². The number of aromatic amines is 2. The first-order chi connectivity index (χ1) is 15.2. The predicted molar refractivity (Wildman–Crippen MR) is 110 cm³/mol. The van der Waals surface area contributed by atoms with Gasteiger partial charge < -0.3 is 9.72 Å². The highest BCUT2D eigenvalue weighted by atomic mass is 16.6. The molecule has 0 atom stereocenters. The molecule has 32 heavy (non-hydrogen) atoms. The molecule has 2 aromatic carbocycles. The van der Waals surface area contributed by atoms with Crippen LogP contribution >= 0.6 is 0 Å². The summed E-state index contributed by atoms with van der Waals surface area (Å²) in [4.78, 5) is 57.4. The minimum Gasteiger partial charge on any atom is -0.450 e. The molecule has 0 fully saturated rings. The van der Waals surface area contributed by atoms with Gasteiger partial charge in [-0.25, -0.2) is 4.79 Å². The number of nitrogens with zero attached hydrogens (tertiary/aromatic N) is 3. The molecule has 0 aliphatic heterocycles. The lowest BCUT2D eigenvalue weighted by molar-refractivity contribution is -0.394. The molecule has 0 aliphatic carbocycles. The number of rotatable bonds is 7. The topological polar surface area (TPSA) is 204 Å². The lowest BCUT2D eigenvalue weighted by Gasteiger charge is -2.06. The van der Waals surface area contributed by atoms with Crippen LogP contribution in [0.1, 0.15) is 11.3 Å². The van der Waals surface area contributed by atoms with Crippen LogP contribution in [0.2, 0.25) is 0 Å². The standard InChI is InChI=1S/C18H11N5O9/c24-17-16(23(30)31)13(19-18(25)20-17)7-3-10-1-5-12(6-2-10)32-15-8-4-11(21(26)27)9-14(15)22(28)29/h1-9H,(H2,19,20,24,25)/b7-3-. The van der Waals surface area contributed by atoms with Crippen LogP contribution in [-0.2, 0) is 0 Å². The molecule has 3 aromatic rings. The third kappa shape index (κ3) is 4.70. The van der Waals surface area contributed by atoms with E-state index < -0.39 is 43.1 Å². The van der Waals surface area contributed by atoms with Crippen LogP contribution in [0.4, 0.5) is 17.1 Å². The van der Waals surface area contributed by atoms with E-state index in [2.05, 4.69) is 4.98 Å². The molecule has 0 radical (unpaired) electrons. The summed E-state index contributed by atoms with van der Waals surface area (Å²) in [5, 5.41) is 33.0. The van der Waals surface area contributed by atoms with E-state index in [1.807, 2.05) is 0 Å². The Morgan fingerprint density at radius 3 is 2.09 bits per heavy atom. The molecule has 14 heteroatoms. The van der Waals surface area contributed by atoms with Crippen LogP contribution in [0.15, 0.2) is 52.1 Å². The number of aromatic nitrogens is 2. The minimum absolute atomic E-state index is 0.176. The number of ether oxygens (including phenoxy) is 1. The summed E-state index contributed by atoms with van der Waals surface area (Å²) in [6.07, 6.45) is 2.56. The molecule has 0 bridgehead atoms. The molecule has 2 N–H and O–H groups in total. The SMILES string of the molecule is O=c1[nH]c(/C=C\c2ccc(Oc3ccc([N+](=O)[O-])cc3[N+](=O)[O-])cc2)c([N+](=O)[O-])c(=O)[nH]1. The lowest BCUT2D eigenvalue weighted by atomic mass is 10.2. The summed E-state index contributed by atoms with van der Waals surface area (Å²) in [5.41, 5.74) is -3.74. The first-order valence-electron chi connectivity index (χ1n) is 8.55. The second-order valence-corrected chi connectivity index (χ2v) is 6.10. The van der Waals surface area contributed by atoms with Gasteiger partial charge in [-0.1, -0.05) is 18.2 Å². The highest BCUT2D eigenvalue weighted by molar-refractivity contribution is 5.71. The third-order valence-corrected chi connectivity index (χ3v) is 4.03. The fourth-order valence-corrected chi connectivity index (χ4v) is 2.60. The lowest BCUT2D eigenvalue weighted by Crippen LogP contribution is -2.25. The Kier molecular flexibility index (Phi) is 5.86. The number of hydrogen-bond donors (Lipinski definition) is 2. The first-order valence-corrected chi connectivity index (χ1v) is 8.55. The average molecular weight is 441 g/mol. The average Bonchev–Trinajstić information content (AvgIpc) is 2.72. The molecule has 14 nitrogen and oxygen atoms in total. The van der Waals surface area contributed by atoms with Crippen LogP contribution in [0.3, 0.4) is 0 Å². The number of nitrogens with one attached hydrogen (secondary N) is 2. The van der Waals surface area contributed by atoms with Crippen molar-refractivity contribution in [3.05, 3.63) is 105 Å². The van der Waals surface area contributed by atoms with Gasteiger partial charge in [-0.15, -0.1) is 0 Å². The zero-order valence-corrected chi connectivity index (χ0v) is 15.7. The maximum Gasteiger partial charge on any atom is 0.357 e. The van der Waals surface area contributed by atoms with Crippen molar-refractivity contribution in [2.45, 2.75) is 0 Å². The van der Waals surface area contributed by atoms with Gasteiger partial charge in [-0.2, -0.15) is 0 Å². The molecule has 1 aromatic heterocycles. The van der Waals surface area contributed by atoms with E-state index in [9.17, 15) is 39.9 Å². The molecule has 3 rings (SSSR count). The van der Waals surface area contributed by atoms with E-state index in [0.717, 1.165) is 18.2 Å². The smallest absolute Gasteiger partial charge is 0.357 e. The van der Waals surface area contributed by atoms with Gasteiger partial charge in [0.05, 0.1) is 20.8 Å². The fourth-order valence-electron chi connectivity index (χ4n) is 2.60. The Hall–Kier alpha value is -5.14. The minimum atomic E-state index is -1.15. The van der Waals surface area contributed by atoms with E-state index >= 15 is 0 Å². The Balaban J connectivity index is 1.85. The number of H-pyrrole nitrogens is 2. The molecule has 0 saturated heterocycles. The van der Waals surface area contributed by atoms with Gasteiger partial charge >= 0.3 is 22.6 Å². The largest absolute Gasteiger partial charge is 0.450 e. The summed E-state index contributed by atoms with van der Waals surface area (Å²) in [6, 6.07) is 8.81. The molecule has 162 valence electrons. The van der Waals surface area contributed by atoms with Gasteiger partial charge in [0, 0.05) is 6.07 Å². The highest BCUT2D eigenvalue weighted by Gasteiger charge is 2.21. The summed E-state index contributed by atoms with van der Waals surface area (Å²) in [6.45, 7) is 0. The molecule has 0 amide bonds. The van der Waals surface area contributed by atoms with Crippen molar-refractivity contribution < 1.29 is 19.5 Å². The number of hydrogen-bond acceptors (Lipinski definition) is 9. The van der Waals surface area contributed by atoms with Gasteiger partial charge in [0.15, 0.2) is 0 Å². The van der Waals surface area contributed by atoms with Crippen LogP contribution in [0.25, 0.3) is 12.2 Å². The summed E-state index contributed by atoms with van der Waals surface area (Å²) in [7, 11) is 0. The van der Waals surface area contributed by atoms with Crippen LogP contribution in [-0.4, -0.2) is 24.7 Å². The Morgan fingerprint density at radius 2 is 1.50 bits per heavy atom. The highest BCUT2D eigenvalue weighted by Crippen LogP contribution is 2.34. The molecular formula is C18H11N5O9. The van der Waals surface area contributed by atoms with Crippen molar-refractivity contribution in [1.29, 1.82) is 0 Å². The second kappa shape index (κ2) is 8.70. The van der Waals surface area contributed by atoms with Gasteiger partial charge in [0.1, 0.15) is 11.4 Å². The summed E-state index contributed by atoms with van der Waals surface area (Å²) in [5.74, 6) is -0.0322. The number of benzene rings is 2. The van der Waals surface area contributed by atoms with Crippen molar-refractivity contribution >= 4 is 29.2 Å². The van der Waals surface area contributed by atoms with Crippen molar-refractivity contribution in [2.75, 3.05) is 0 Å². The Labute approximate surface area is 175 Å². The third-order valence-electron chi connectivity index (χ3n) is 4.03. The van der Waals surface area contributed by atoms with Gasteiger partial charge in [-0.3, -0.25) is 40.1 Å². The molecule has 0 spiro atoms. The fraction of sp³-hybridized carbons (Fsp3) is 0. The Bertz CT molecular complexity index is 1370. The van der Waals surface area contributed by atoms with Gasteiger partial charge in [0.25, 0.3) is 5.69 Å². The van der Waals surface area contributed by atoms with Crippen LogP contribution in [0, 0.1) is 30.3 Å². The van der Waals surface area contributed by atoms with Crippen molar-refractivity contribution in [2.24, 2.45) is 0 Å². The Morgan fingerprint density at radius 1 is 0.812 bits per heavy atom. The normalized spacial score (nSPS) is 10.8. The quantitative estimate of drug-likeness (QED) is 0.408. The van der Waals surface area contributed by atoms with E-state index in [-0.39, 0.29) is 17.2 Å². The summed E-state index contributed by atoms with van der Waals surface area (Å²) >= 11 is 0. The molecule has 0 unspecified atom stereocenters. The van der Waals surface area contributed by atoms with E-state index in [1.54, 1.807) is 4.98 Å². The van der Waals surface area contributed by atoms with Crippen LogP contribution < -0.4 is 16.0 Å². The molecular weight excluding hydrogens is 430 g/mol. The van der Waals surface area contributed by atoms with E-state index in [1.165, 1.54) is 36.4 Å². The van der Waals surface area contributed by atoms with E-state index in [0.29, 0.717) is 5.56 Å². The zero-order chi connectivity index (χ0) is 23.4. The van der Waals surface area contributed by atoms with Crippen LogP contribution in [0.5, 0.6) is 11.5 Å². The van der Waals surface area contributed by atoms with Crippen molar-refractivity contribution in [3.8, 4) is 11.5 Å². The molecule has 0 saturated carbocycles. The first kappa shape index (κ1) is 21.6.